The van der Waals surface area contributed by atoms with Crippen molar-refractivity contribution in [3.63, 3.8) is 0 Å². The normalized spacial score (nSPS) is 17.3. The zero-order valence-electron chi connectivity index (χ0n) is 20.0. The third-order valence-electron chi connectivity index (χ3n) is 5.95. The molecule has 174 valence electrons. The molecule has 1 N–H and O–H groups in total. The van der Waals surface area contributed by atoms with Crippen LogP contribution in [0, 0.1) is 20.8 Å². The summed E-state index contributed by atoms with van der Waals surface area (Å²) in [6.07, 6.45) is 0.889. The second-order valence-corrected chi connectivity index (χ2v) is 8.75. The highest BCUT2D eigenvalue weighted by atomic mass is 16.5. The largest absolute Gasteiger partial charge is 0.507 e. The van der Waals surface area contributed by atoms with E-state index in [4.69, 9.17) is 4.74 Å². The van der Waals surface area contributed by atoms with E-state index in [0.29, 0.717) is 17.9 Å². The molecule has 0 saturated carbocycles. The summed E-state index contributed by atoms with van der Waals surface area (Å²) in [5.74, 6) is -0.813. The Morgan fingerprint density at radius 2 is 1.62 bits per heavy atom. The van der Waals surface area contributed by atoms with Crippen molar-refractivity contribution in [1.82, 2.24) is 0 Å². The standard InChI is InChI=1S/C29H29NO4/c1-5-13-34-24-12-11-22(17-20(24)4)27(31)25-26(21-9-7-6-8-10-21)30(29(33)28(25)32)23-15-18(2)14-19(3)16-23/h6-12,14-17,26,31H,5,13H2,1-4H3/b27-25-. The number of nitrogens with zero attached hydrogens (tertiary/aromatic N) is 1. The van der Waals surface area contributed by atoms with E-state index in [2.05, 4.69) is 0 Å². The lowest BCUT2D eigenvalue weighted by molar-refractivity contribution is -0.132. The molecule has 5 nitrogen and oxygen atoms in total. The van der Waals surface area contributed by atoms with Gasteiger partial charge in [-0.25, -0.2) is 0 Å². The van der Waals surface area contributed by atoms with Crippen molar-refractivity contribution >= 4 is 23.1 Å². The van der Waals surface area contributed by atoms with Crippen LogP contribution in [0.2, 0.25) is 0 Å². The number of ketones is 1. The predicted octanol–water partition coefficient (Wildman–Crippen LogP) is 6.03. The summed E-state index contributed by atoms with van der Waals surface area (Å²) in [7, 11) is 0. The van der Waals surface area contributed by atoms with Crippen LogP contribution in [-0.2, 0) is 9.59 Å². The molecule has 1 amide bonds. The van der Waals surface area contributed by atoms with Gasteiger partial charge in [-0.05, 0) is 79.8 Å². The molecule has 1 unspecified atom stereocenters. The number of anilines is 1. The number of rotatable bonds is 6. The first-order valence-corrected chi connectivity index (χ1v) is 11.5. The van der Waals surface area contributed by atoms with Gasteiger partial charge in [0.2, 0.25) is 0 Å². The first-order valence-electron chi connectivity index (χ1n) is 11.5. The zero-order valence-corrected chi connectivity index (χ0v) is 20.0. The lowest BCUT2D eigenvalue weighted by atomic mass is 9.94. The number of Topliss-reactive ketones (excluding diaryl/α,β-unsaturated/α-hetero) is 1. The number of aliphatic hydroxyl groups is 1. The number of aryl methyl sites for hydroxylation is 3. The van der Waals surface area contributed by atoms with Crippen LogP contribution in [-0.4, -0.2) is 23.4 Å². The molecule has 1 aliphatic heterocycles. The smallest absolute Gasteiger partial charge is 0.300 e. The Morgan fingerprint density at radius 1 is 0.941 bits per heavy atom. The molecule has 0 aromatic heterocycles. The lowest BCUT2D eigenvalue weighted by Crippen LogP contribution is -2.29. The monoisotopic (exact) mass is 455 g/mol. The van der Waals surface area contributed by atoms with Crippen molar-refractivity contribution in [3.05, 3.63) is 100 Å². The number of amides is 1. The molecule has 3 aromatic rings. The Bertz CT molecular complexity index is 1260. The lowest BCUT2D eigenvalue weighted by Gasteiger charge is -2.26. The number of benzene rings is 3. The number of carbonyl (C=O) groups excluding carboxylic acids is 2. The van der Waals surface area contributed by atoms with Gasteiger partial charge in [0.25, 0.3) is 11.7 Å². The van der Waals surface area contributed by atoms with Crippen LogP contribution in [0.25, 0.3) is 5.76 Å². The molecule has 4 rings (SSSR count). The number of aliphatic hydroxyl groups excluding tert-OH is 1. The molecule has 0 aliphatic carbocycles. The summed E-state index contributed by atoms with van der Waals surface area (Å²) in [6, 6.07) is 19.7. The van der Waals surface area contributed by atoms with E-state index in [-0.39, 0.29) is 11.3 Å². The SMILES string of the molecule is CCCOc1ccc(/C(O)=C2/C(=O)C(=O)N(c3cc(C)cc(C)c3)C2c2ccccc2)cc1C. The van der Waals surface area contributed by atoms with Gasteiger partial charge in [-0.2, -0.15) is 0 Å². The van der Waals surface area contributed by atoms with Gasteiger partial charge in [-0.15, -0.1) is 0 Å². The van der Waals surface area contributed by atoms with Crippen molar-refractivity contribution in [2.45, 2.75) is 40.2 Å². The van der Waals surface area contributed by atoms with Crippen molar-refractivity contribution in [2.75, 3.05) is 11.5 Å². The Labute approximate surface area is 200 Å². The third kappa shape index (κ3) is 4.34. The first-order chi connectivity index (χ1) is 16.3. The van der Waals surface area contributed by atoms with Gasteiger partial charge < -0.3 is 9.84 Å². The highest BCUT2D eigenvalue weighted by Crippen LogP contribution is 2.42. The molecule has 1 fully saturated rings. The van der Waals surface area contributed by atoms with Gasteiger partial charge in [-0.1, -0.05) is 43.3 Å². The maximum absolute atomic E-state index is 13.3. The van der Waals surface area contributed by atoms with Crippen LogP contribution in [0.15, 0.2) is 72.3 Å². The minimum atomic E-state index is -0.737. The summed E-state index contributed by atoms with van der Waals surface area (Å²) in [6.45, 7) is 8.44. The topological polar surface area (TPSA) is 66.8 Å². The summed E-state index contributed by atoms with van der Waals surface area (Å²) in [5, 5.41) is 11.3. The number of ether oxygens (including phenoxy) is 1. The maximum Gasteiger partial charge on any atom is 0.300 e. The fourth-order valence-corrected chi connectivity index (χ4v) is 4.47. The molecule has 34 heavy (non-hydrogen) atoms. The van der Waals surface area contributed by atoms with Gasteiger partial charge in [-0.3, -0.25) is 14.5 Å². The minimum Gasteiger partial charge on any atom is -0.507 e. The molecular formula is C29H29NO4. The average Bonchev–Trinajstić information content (AvgIpc) is 3.08. The van der Waals surface area contributed by atoms with Gasteiger partial charge in [0.15, 0.2) is 0 Å². The molecule has 5 heteroatoms. The van der Waals surface area contributed by atoms with Crippen molar-refractivity contribution < 1.29 is 19.4 Å². The van der Waals surface area contributed by atoms with Crippen LogP contribution >= 0.6 is 0 Å². The average molecular weight is 456 g/mol. The predicted molar refractivity (Wildman–Crippen MR) is 134 cm³/mol. The number of hydrogen-bond acceptors (Lipinski definition) is 4. The molecule has 1 heterocycles. The molecule has 0 bridgehead atoms. The fourth-order valence-electron chi connectivity index (χ4n) is 4.47. The van der Waals surface area contributed by atoms with Gasteiger partial charge in [0.05, 0.1) is 18.2 Å². The van der Waals surface area contributed by atoms with Gasteiger partial charge in [0, 0.05) is 11.3 Å². The molecule has 3 aromatic carbocycles. The molecule has 0 radical (unpaired) electrons. The van der Waals surface area contributed by atoms with Crippen LogP contribution in [0.1, 0.15) is 47.2 Å². The second kappa shape index (κ2) is 9.56. The van der Waals surface area contributed by atoms with E-state index < -0.39 is 17.7 Å². The van der Waals surface area contributed by atoms with E-state index in [1.807, 2.05) is 76.2 Å². The van der Waals surface area contributed by atoms with E-state index in [1.165, 1.54) is 4.90 Å². The summed E-state index contributed by atoms with van der Waals surface area (Å²) in [5.41, 5.74) is 4.76. The number of carbonyl (C=O) groups is 2. The summed E-state index contributed by atoms with van der Waals surface area (Å²) >= 11 is 0. The van der Waals surface area contributed by atoms with Crippen LogP contribution in [0.3, 0.4) is 0 Å². The highest BCUT2D eigenvalue weighted by Gasteiger charge is 2.47. The molecule has 0 spiro atoms. The van der Waals surface area contributed by atoms with Gasteiger partial charge in [0.1, 0.15) is 11.5 Å². The third-order valence-corrected chi connectivity index (χ3v) is 5.95. The van der Waals surface area contributed by atoms with Crippen molar-refractivity contribution in [2.24, 2.45) is 0 Å². The second-order valence-electron chi connectivity index (χ2n) is 8.75. The van der Waals surface area contributed by atoms with Crippen molar-refractivity contribution in [1.29, 1.82) is 0 Å². The quantitative estimate of drug-likeness (QED) is 0.280. The number of hydrogen-bond donors (Lipinski definition) is 1. The minimum absolute atomic E-state index is 0.0805. The van der Waals surface area contributed by atoms with E-state index in [0.717, 1.165) is 34.4 Å². The van der Waals surface area contributed by atoms with Crippen LogP contribution in [0.5, 0.6) is 5.75 Å². The van der Waals surface area contributed by atoms with E-state index in [9.17, 15) is 14.7 Å². The molecule has 1 atom stereocenters. The first kappa shape index (κ1) is 23.3. The fraction of sp³-hybridized carbons (Fsp3) is 0.241. The van der Waals surface area contributed by atoms with Crippen LogP contribution in [0.4, 0.5) is 5.69 Å². The van der Waals surface area contributed by atoms with Crippen molar-refractivity contribution in [3.8, 4) is 5.75 Å². The van der Waals surface area contributed by atoms with E-state index in [1.54, 1.807) is 18.2 Å². The summed E-state index contributed by atoms with van der Waals surface area (Å²) < 4.78 is 5.75. The molecule has 1 aliphatic rings. The zero-order chi connectivity index (χ0) is 24.4. The highest BCUT2D eigenvalue weighted by molar-refractivity contribution is 6.51. The Balaban J connectivity index is 1.88. The van der Waals surface area contributed by atoms with E-state index >= 15 is 0 Å². The maximum atomic E-state index is 13.3. The van der Waals surface area contributed by atoms with Crippen LogP contribution < -0.4 is 9.64 Å². The Hall–Kier alpha value is -3.86. The summed E-state index contributed by atoms with van der Waals surface area (Å²) in [4.78, 5) is 28.1. The Kier molecular flexibility index (Phi) is 6.55. The van der Waals surface area contributed by atoms with Gasteiger partial charge >= 0.3 is 0 Å². The molecule has 1 saturated heterocycles. The Morgan fingerprint density at radius 3 is 2.24 bits per heavy atom. The molecular weight excluding hydrogens is 426 g/mol.